The summed E-state index contributed by atoms with van der Waals surface area (Å²) in [5, 5.41) is 0. The highest BCUT2D eigenvalue weighted by atomic mass is 19.1. The molecule has 2 nitrogen and oxygen atoms in total. The van der Waals surface area contributed by atoms with E-state index in [1.54, 1.807) is 42.3 Å². The Labute approximate surface area is 123 Å². The Kier molecular flexibility index (Phi) is 5.17. The van der Waals surface area contributed by atoms with Crippen molar-refractivity contribution < 1.29 is 13.6 Å². The lowest BCUT2D eigenvalue weighted by atomic mass is 10.1. The summed E-state index contributed by atoms with van der Waals surface area (Å²) in [5.74, 6) is -0.726. The molecule has 0 amide bonds. The zero-order valence-electron chi connectivity index (χ0n) is 11.9. The van der Waals surface area contributed by atoms with Crippen molar-refractivity contribution in [2.24, 2.45) is 0 Å². The molecule has 0 bridgehead atoms. The summed E-state index contributed by atoms with van der Waals surface area (Å²) in [4.78, 5) is 13.7. The van der Waals surface area contributed by atoms with Crippen molar-refractivity contribution in [2.75, 3.05) is 13.6 Å². The largest absolute Gasteiger partial charge is 0.298 e. The van der Waals surface area contributed by atoms with Crippen molar-refractivity contribution >= 4 is 5.78 Å². The molecule has 4 heteroatoms. The minimum absolute atomic E-state index is 0.0696. The van der Waals surface area contributed by atoms with E-state index in [1.165, 1.54) is 18.2 Å². The number of ketones is 1. The number of hydrogen-bond donors (Lipinski definition) is 0. The highest BCUT2D eigenvalue weighted by Gasteiger charge is 2.11. The average molecular weight is 289 g/mol. The van der Waals surface area contributed by atoms with E-state index in [0.717, 1.165) is 5.56 Å². The lowest BCUT2D eigenvalue weighted by molar-refractivity contribution is -0.119. The van der Waals surface area contributed by atoms with Gasteiger partial charge in [0.1, 0.15) is 11.6 Å². The van der Waals surface area contributed by atoms with E-state index in [1.807, 2.05) is 0 Å². The molecule has 2 aromatic carbocycles. The third-order valence-corrected chi connectivity index (χ3v) is 3.13. The normalized spacial score (nSPS) is 10.9. The molecule has 0 aliphatic carbocycles. The molecule has 0 saturated heterocycles. The highest BCUT2D eigenvalue weighted by molar-refractivity contribution is 5.82. The smallest absolute Gasteiger partial charge is 0.151 e. The van der Waals surface area contributed by atoms with Crippen LogP contribution in [0.2, 0.25) is 0 Å². The second-order valence-corrected chi connectivity index (χ2v) is 5.11. The van der Waals surface area contributed by atoms with Crippen LogP contribution in [0.1, 0.15) is 11.1 Å². The van der Waals surface area contributed by atoms with Crippen LogP contribution in [0.3, 0.4) is 0 Å². The third-order valence-electron chi connectivity index (χ3n) is 3.13. The van der Waals surface area contributed by atoms with E-state index in [0.29, 0.717) is 12.1 Å². The van der Waals surface area contributed by atoms with Gasteiger partial charge in [-0.3, -0.25) is 9.69 Å². The zero-order chi connectivity index (χ0) is 15.2. The molecule has 0 atom stereocenters. The van der Waals surface area contributed by atoms with Crippen molar-refractivity contribution in [3.8, 4) is 0 Å². The second-order valence-electron chi connectivity index (χ2n) is 5.11. The van der Waals surface area contributed by atoms with Gasteiger partial charge in [-0.05, 0) is 36.4 Å². The molecular formula is C17H17F2NO. The fraction of sp³-hybridized carbons (Fsp3) is 0.235. The van der Waals surface area contributed by atoms with Crippen LogP contribution in [0.4, 0.5) is 8.78 Å². The van der Waals surface area contributed by atoms with Gasteiger partial charge in [0.2, 0.25) is 0 Å². The first-order valence-electron chi connectivity index (χ1n) is 6.72. The summed E-state index contributed by atoms with van der Waals surface area (Å²) in [7, 11) is 1.78. The first kappa shape index (κ1) is 15.3. The Balaban J connectivity index is 1.89. The van der Waals surface area contributed by atoms with Crippen LogP contribution in [0.15, 0.2) is 48.5 Å². The maximum atomic E-state index is 13.5. The van der Waals surface area contributed by atoms with Gasteiger partial charge in [-0.1, -0.05) is 30.3 Å². The van der Waals surface area contributed by atoms with Crippen LogP contribution in [-0.4, -0.2) is 24.3 Å². The maximum absolute atomic E-state index is 13.5. The molecule has 0 aromatic heterocycles. The van der Waals surface area contributed by atoms with Gasteiger partial charge in [-0.2, -0.15) is 0 Å². The number of hydrogen-bond acceptors (Lipinski definition) is 2. The molecule has 0 heterocycles. The molecule has 0 spiro atoms. The molecule has 2 aromatic rings. The van der Waals surface area contributed by atoms with Crippen LogP contribution in [-0.2, 0) is 17.8 Å². The molecule has 0 radical (unpaired) electrons. The minimum Gasteiger partial charge on any atom is -0.298 e. The molecule has 21 heavy (non-hydrogen) atoms. The van der Waals surface area contributed by atoms with Crippen LogP contribution < -0.4 is 0 Å². The highest BCUT2D eigenvalue weighted by Crippen LogP contribution is 2.09. The third kappa shape index (κ3) is 4.76. The number of nitrogens with zero attached hydrogens (tertiary/aromatic N) is 1. The van der Waals surface area contributed by atoms with Gasteiger partial charge >= 0.3 is 0 Å². The Morgan fingerprint density at radius 3 is 2.57 bits per heavy atom. The van der Waals surface area contributed by atoms with Crippen LogP contribution in [0, 0.1) is 11.6 Å². The fourth-order valence-electron chi connectivity index (χ4n) is 2.21. The van der Waals surface area contributed by atoms with Gasteiger partial charge in [0.15, 0.2) is 5.78 Å². The van der Waals surface area contributed by atoms with Crippen LogP contribution in [0.25, 0.3) is 0 Å². The van der Waals surface area contributed by atoms with E-state index in [9.17, 15) is 13.6 Å². The predicted molar refractivity (Wildman–Crippen MR) is 77.8 cm³/mol. The predicted octanol–water partition coefficient (Wildman–Crippen LogP) is 3.21. The first-order valence-corrected chi connectivity index (χ1v) is 6.72. The fourth-order valence-corrected chi connectivity index (χ4v) is 2.21. The topological polar surface area (TPSA) is 20.3 Å². The Morgan fingerprint density at radius 2 is 1.86 bits per heavy atom. The monoisotopic (exact) mass is 289 g/mol. The van der Waals surface area contributed by atoms with Crippen molar-refractivity contribution in [1.29, 1.82) is 0 Å². The number of carbonyl (C=O) groups is 1. The number of benzene rings is 2. The quantitative estimate of drug-likeness (QED) is 0.814. The van der Waals surface area contributed by atoms with E-state index in [-0.39, 0.29) is 30.4 Å². The second kappa shape index (κ2) is 7.09. The van der Waals surface area contributed by atoms with Crippen molar-refractivity contribution in [1.82, 2.24) is 4.90 Å². The summed E-state index contributed by atoms with van der Waals surface area (Å²) in [5.41, 5.74) is 1.21. The zero-order valence-corrected chi connectivity index (χ0v) is 11.9. The number of Topliss-reactive ketones (excluding diaryl/α,β-unsaturated/α-hetero) is 1. The van der Waals surface area contributed by atoms with E-state index >= 15 is 0 Å². The Hall–Kier alpha value is -2.07. The van der Waals surface area contributed by atoms with E-state index < -0.39 is 0 Å². The molecule has 110 valence electrons. The lowest BCUT2D eigenvalue weighted by Crippen LogP contribution is -2.26. The number of likely N-dealkylation sites (N-methyl/N-ethyl adjacent to an activating group) is 1. The Bertz CT molecular complexity index is 628. The summed E-state index contributed by atoms with van der Waals surface area (Å²) in [6, 6.07) is 12.5. The van der Waals surface area contributed by atoms with Gasteiger partial charge in [-0.25, -0.2) is 8.78 Å². The SMILES string of the molecule is CN(CC(=O)Cc1ccccc1F)Cc1cccc(F)c1. The molecule has 0 N–H and O–H groups in total. The first-order chi connectivity index (χ1) is 10.0. The van der Waals surface area contributed by atoms with Crippen LogP contribution >= 0.6 is 0 Å². The van der Waals surface area contributed by atoms with Crippen molar-refractivity contribution in [3.63, 3.8) is 0 Å². The van der Waals surface area contributed by atoms with Gasteiger partial charge in [-0.15, -0.1) is 0 Å². The minimum atomic E-state index is -0.362. The van der Waals surface area contributed by atoms with Gasteiger partial charge < -0.3 is 0 Å². The van der Waals surface area contributed by atoms with Gasteiger partial charge in [0, 0.05) is 13.0 Å². The van der Waals surface area contributed by atoms with Crippen molar-refractivity contribution in [3.05, 3.63) is 71.3 Å². The summed E-state index contributed by atoms with van der Waals surface area (Å²) < 4.78 is 26.6. The summed E-state index contributed by atoms with van der Waals surface area (Å²) >= 11 is 0. The number of halogens is 2. The molecule has 2 rings (SSSR count). The summed E-state index contributed by atoms with van der Waals surface area (Å²) in [6.07, 6.45) is 0.0696. The van der Waals surface area contributed by atoms with Gasteiger partial charge in [0.05, 0.1) is 6.54 Å². The van der Waals surface area contributed by atoms with Crippen molar-refractivity contribution in [2.45, 2.75) is 13.0 Å². The molecule has 0 unspecified atom stereocenters. The molecule has 0 fully saturated rings. The standard InChI is InChI=1S/C17H17F2NO/c1-20(11-13-5-4-7-15(18)9-13)12-16(21)10-14-6-2-3-8-17(14)19/h2-9H,10-12H2,1H3. The number of rotatable bonds is 6. The van der Waals surface area contributed by atoms with E-state index in [4.69, 9.17) is 0 Å². The van der Waals surface area contributed by atoms with E-state index in [2.05, 4.69) is 0 Å². The van der Waals surface area contributed by atoms with Crippen LogP contribution in [0.5, 0.6) is 0 Å². The average Bonchev–Trinajstić information content (AvgIpc) is 2.41. The number of carbonyl (C=O) groups excluding carboxylic acids is 1. The molecular weight excluding hydrogens is 272 g/mol. The maximum Gasteiger partial charge on any atom is 0.151 e. The Morgan fingerprint density at radius 1 is 1.10 bits per heavy atom. The molecule has 0 aliphatic rings. The molecule has 0 saturated carbocycles. The molecule has 0 aliphatic heterocycles. The lowest BCUT2D eigenvalue weighted by Gasteiger charge is -2.16. The van der Waals surface area contributed by atoms with Gasteiger partial charge in [0.25, 0.3) is 0 Å². The summed E-state index contributed by atoms with van der Waals surface area (Å²) in [6.45, 7) is 0.672.